The van der Waals surface area contributed by atoms with Crippen molar-refractivity contribution in [2.45, 2.75) is 6.18 Å². The van der Waals surface area contributed by atoms with E-state index >= 15 is 0 Å². The van der Waals surface area contributed by atoms with E-state index in [-0.39, 0.29) is 0 Å². The molecule has 154 valence electrons. The van der Waals surface area contributed by atoms with E-state index in [1.165, 1.54) is 0 Å². The Morgan fingerprint density at radius 2 is 1.03 bits per heavy atom. The van der Waals surface area contributed by atoms with Gasteiger partial charge >= 0.3 is 12.1 Å². The Hall–Kier alpha value is -3.11. The molecule has 0 N–H and O–H groups in total. The van der Waals surface area contributed by atoms with Crippen molar-refractivity contribution in [2.75, 3.05) is 7.11 Å². The molecule has 0 bridgehead atoms. The second-order valence-electron chi connectivity index (χ2n) is 6.34. The first-order valence-corrected chi connectivity index (χ1v) is 10.8. The van der Waals surface area contributed by atoms with E-state index in [0.29, 0.717) is 15.9 Å². The van der Waals surface area contributed by atoms with Crippen molar-refractivity contribution in [1.29, 1.82) is 0 Å². The lowest BCUT2D eigenvalue weighted by atomic mass is 10.3. The number of hydrogen-bond acceptors (Lipinski definition) is 3. The lowest BCUT2D eigenvalue weighted by Gasteiger charge is -2.31. The standard InChI is InChI=1S/C23H18F3O3P/c1-29-22(28)20(21(27)23(24,25)26)30(17-11-5-2-6-12-17,18-13-7-3-8-14-18)19-15-9-4-10-16-19/h2-16H,1H3. The molecule has 0 unspecified atom stereocenters. The van der Waals surface area contributed by atoms with Crippen LogP contribution < -0.4 is 15.9 Å². The molecule has 0 aliphatic carbocycles. The summed E-state index contributed by atoms with van der Waals surface area (Å²) in [5.41, 5.74) is 0. The highest BCUT2D eigenvalue weighted by atomic mass is 31.2. The fourth-order valence-electron chi connectivity index (χ4n) is 3.40. The van der Waals surface area contributed by atoms with Crippen LogP contribution in [0.25, 0.3) is 0 Å². The predicted molar refractivity (Wildman–Crippen MR) is 113 cm³/mol. The normalized spacial score (nSPS) is 11.6. The number of benzene rings is 3. The number of rotatable bonds is 5. The van der Waals surface area contributed by atoms with Gasteiger partial charge in [-0.2, -0.15) is 13.2 Å². The van der Waals surface area contributed by atoms with Gasteiger partial charge in [-0.1, -0.05) is 91.0 Å². The summed E-state index contributed by atoms with van der Waals surface area (Å²) >= 11 is 0. The van der Waals surface area contributed by atoms with E-state index in [1.54, 1.807) is 91.0 Å². The SMILES string of the molecule is COC(=O)C(C(=O)C(F)(F)F)=P(c1ccccc1)(c1ccccc1)c1ccccc1. The van der Waals surface area contributed by atoms with Crippen molar-refractivity contribution in [3.8, 4) is 0 Å². The summed E-state index contributed by atoms with van der Waals surface area (Å²) in [5, 5.41) is 0.433. The molecule has 0 radical (unpaired) electrons. The number of halogens is 3. The highest BCUT2D eigenvalue weighted by molar-refractivity contribution is 7.97. The first kappa shape index (κ1) is 21.6. The molecule has 3 nitrogen and oxygen atoms in total. The number of carbonyl (C=O) groups excluding carboxylic acids is 2. The predicted octanol–water partition coefficient (Wildman–Crippen LogP) is 3.46. The highest BCUT2D eigenvalue weighted by Crippen LogP contribution is 2.47. The van der Waals surface area contributed by atoms with Gasteiger partial charge in [0, 0.05) is 0 Å². The summed E-state index contributed by atoms with van der Waals surface area (Å²) < 4.78 is 45.9. The summed E-state index contributed by atoms with van der Waals surface area (Å²) in [6.07, 6.45) is -5.24. The van der Waals surface area contributed by atoms with Crippen LogP contribution in [0.3, 0.4) is 0 Å². The van der Waals surface area contributed by atoms with Gasteiger partial charge < -0.3 is 4.74 Å². The second-order valence-corrected chi connectivity index (χ2v) is 9.68. The van der Waals surface area contributed by atoms with E-state index in [2.05, 4.69) is 0 Å². The Morgan fingerprint density at radius 1 is 0.700 bits per heavy atom. The number of hydrogen-bond donors (Lipinski definition) is 0. The average molecular weight is 430 g/mol. The zero-order chi connectivity index (χ0) is 21.8. The number of methoxy groups -OCH3 is 1. The Bertz CT molecular complexity index is 989. The van der Waals surface area contributed by atoms with Crippen LogP contribution in [0.5, 0.6) is 0 Å². The zero-order valence-electron chi connectivity index (χ0n) is 16.0. The topological polar surface area (TPSA) is 43.4 Å². The molecule has 30 heavy (non-hydrogen) atoms. The van der Waals surface area contributed by atoms with Gasteiger partial charge in [-0.05, 0) is 22.8 Å². The number of Topliss-reactive ketones (excluding diaryl/α,β-unsaturated/α-hetero) is 1. The Balaban J connectivity index is 2.68. The molecule has 3 aromatic rings. The van der Waals surface area contributed by atoms with Crippen LogP contribution >= 0.6 is 6.89 Å². The van der Waals surface area contributed by atoms with Gasteiger partial charge in [0.15, 0.2) is 0 Å². The molecule has 0 fully saturated rings. The van der Waals surface area contributed by atoms with Crippen LogP contribution in [-0.4, -0.2) is 30.3 Å². The summed E-state index contributed by atoms with van der Waals surface area (Å²) in [5.74, 6) is -3.48. The van der Waals surface area contributed by atoms with Crippen LogP contribution in [0, 0.1) is 0 Å². The fourth-order valence-corrected chi connectivity index (χ4v) is 7.73. The monoisotopic (exact) mass is 430 g/mol. The zero-order valence-corrected chi connectivity index (χ0v) is 16.9. The van der Waals surface area contributed by atoms with Crippen molar-refractivity contribution in [3.63, 3.8) is 0 Å². The van der Waals surface area contributed by atoms with Gasteiger partial charge in [0.05, 0.1) is 7.11 Å². The van der Waals surface area contributed by atoms with Crippen LogP contribution in [0.2, 0.25) is 0 Å². The lowest BCUT2D eigenvalue weighted by molar-refractivity contribution is -0.163. The average Bonchev–Trinajstić information content (AvgIpc) is 2.77. The number of alkyl halides is 3. The maximum atomic E-state index is 13.7. The van der Waals surface area contributed by atoms with Gasteiger partial charge in [-0.3, -0.25) is 4.79 Å². The number of ether oxygens (including phenoxy) is 1. The van der Waals surface area contributed by atoms with Gasteiger partial charge in [0.25, 0.3) is 5.78 Å². The van der Waals surface area contributed by atoms with Crippen molar-refractivity contribution in [1.82, 2.24) is 0 Å². The molecule has 7 heteroatoms. The minimum atomic E-state index is -5.24. The van der Waals surface area contributed by atoms with E-state index in [1.807, 2.05) is 0 Å². The number of esters is 1. The van der Waals surface area contributed by atoms with Gasteiger partial charge in [0.1, 0.15) is 5.29 Å². The van der Waals surface area contributed by atoms with Crippen LogP contribution in [-0.2, 0) is 14.3 Å². The Kier molecular flexibility index (Phi) is 6.28. The molecule has 0 atom stereocenters. The maximum absolute atomic E-state index is 13.7. The Labute approximate surface area is 172 Å². The van der Waals surface area contributed by atoms with Gasteiger partial charge in [-0.25, -0.2) is 4.79 Å². The molecule has 0 amide bonds. The largest absolute Gasteiger partial charge is 0.465 e. The first-order valence-electron chi connectivity index (χ1n) is 8.96. The van der Waals surface area contributed by atoms with Crippen molar-refractivity contribution in [3.05, 3.63) is 91.0 Å². The summed E-state index contributed by atoms with van der Waals surface area (Å²) in [6, 6.07) is 25.0. The fraction of sp³-hybridized carbons (Fsp3) is 0.0870. The molecule has 0 heterocycles. The molecule has 0 saturated carbocycles. The van der Waals surface area contributed by atoms with E-state index in [4.69, 9.17) is 4.74 Å². The number of ketones is 1. The minimum absolute atomic E-state index is 0.445. The minimum Gasteiger partial charge on any atom is -0.465 e. The van der Waals surface area contributed by atoms with Crippen molar-refractivity contribution >= 4 is 39.8 Å². The molecule has 3 aromatic carbocycles. The maximum Gasteiger partial charge on any atom is 0.455 e. The van der Waals surface area contributed by atoms with Gasteiger partial charge in [-0.15, -0.1) is 0 Å². The lowest BCUT2D eigenvalue weighted by Crippen LogP contribution is -2.43. The van der Waals surface area contributed by atoms with E-state index < -0.39 is 30.1 Å². The summed E-state index contributed by atoms with van der Waals surface area (Å²) in [6.45, 7) is -3.52. The quantitative estimate of drug-likeness (QED) is 0.354. The van der Waals surface area contributed by atoms with Crippen molar-refractivity contribution in [2.24, 2.45) is 0 Å². The number of carbonyl (C=O) groups is 2. The highest BCUT2D eigenvalue weighted by Gasteiger charge is 2.48. The first-order chi connectivity index (χ1) is 14.3. The van der Waals surface area contributed by atoms with Crippen LogP contribution in [0.15, 0.2) is 91.0 Å². The van der Waals surface area contributed by atoms with Crippen LogP contribution in [0.1, 0.15) is 0 Å². The Morgan fingerprint density at radius 3 is 1.30 bits per heavy atom. The molecule has 0 spiro atoms. The molecule has 0 aromatic heterocycles. The third kappa shape index (κ3) is 3.83. The third-order valence-electron chi connectivity index (χ3n) is 4.62. The van der Waals surface area contributed by atoms with Crippen LogP contribution in [0.4, 0.5) is 13.2 Å². The molecule has 0 aliphatic rings. The summed E-state index contributed by atoms with van der Waals surface area (Å²) in [4.78, 5) is 25.5. The second kappa shape index (κ2) is 8.72. The molecule has 0 aliphatic heterocycles. The summed E-state index contributed by atoms with van der Waals surface area (Å²) in [7, 11) is 0.974. The van der Waals surface area contributed by atoms with E-state index in [9.17, 15) is 22.8 Å². The molecule has 3 rings (SSSR count). The van der Waals surface area contributed by atoms with Gasteiger partial charge in [0.2, 0.25) is 0 Å². The third-order valence-corrected chi connectivity index (χ3v) is 8.89. The van der Waals surface area contributed by atoms with E-state index in [0.717, 1.165) is 7.11 Å². The molecular formula is C23H18F3O3P. The van der Waals surface area contributed by atoms with Crippen molar-refractivity contribution < 1.29 is 27.5 Å². The molecule has 0 saturated heterocycles. The molecular weight excluding hydrogens is 412 g/mol. The smallest absolute Gasteiger partial charge is 0.455 e.